The third-order valence-electron chi connectivity index (χ3n) is 6.59. The number of ether oxygens (including phenoxy) is 1. The minimum absolute atomic E-state index is 0.172. The molecule has 0 amide bonds. The Morgan fingerprint density at radius 3 is 2.71 bits per heavy atom. The van der Waals surface area contributed by atoms with Crippen LogP contribution in [0.15, 0.2) is 83.7 Å². The summed E-state index contributed by atoms with van der Waals surface area (Å²) in [6.45, 7) is 1.28. The summed E-state index contributed by atoms with van der Waals surface area (Å²) in [5.74, 6) is 1.32. The molecule has 8 nitrogen and oxygen atoms in total. The molecule has 174 valence electrons. The molecule has 1 aliphatic heterocycles. The lowest BCUT2D eigenvalue weighted by Crippen LogP contribution is -2.34. The van der Waals surface area contributed by atoms with E-state index in [1.165, 1.54) is 5.56 Å². The first-order valence-electron chi connectivity index (χ1n) is 11.6. The zero-order valence-electron chi connectivity index (χ0n) is 19.3. The molecule has 2 aromatic heterocycles. The number of para-hydroxylation sites is 1. The standard InChI is InChI=1S/C27H24N6O2/c1-35-21-12-11-20-15-22(27(34)28-23(20)16-21)25(32-14-13-19-9-5-6-10-24(19)32)26-29-30-31-33(26)17-18-7-3-2-4-8-18/h2-12,15-16,25H,13-14,17H2,1H3,(H,28,34). The maximum atomic E-state index is 13.5. The zero-order chi connectivity index (χ0) is 23.8. The molecule has 1 atom stereocenters. The van der Waals surface area contributed by atoms with Gasteiger partial charge in [0.1, 0.15) is 11.8 Å². The molecule has 0 saturated heterocycles. The molecule has 0 saturated carbocycles. The van der Waals surface area contributed by atoms with Crippen LogP contribution >= 0.6 is 0 Å². The van der Waals surface area contributed by atoms with Crippen molar-refractivity contribution < 1.29 is 4.74 Å². The van der Waals surface area contributed by atoms with E-state index in [9.17, 15) is 4.79 Å². The predicted octanol–water partition coefficient (Wildman–Crippen LogP) is 3.72. The average molecular weight is 465 g/mol. The van der Waals surface area contributed by atoms with E-state index in [0.29, 0.717) is 23.7 Å². The molecule has 35 heavy (non-hydrogen) atoms. The lowest BCUT2D eigenvalue weighted by molar-refractivity contribution is 0.415. The Labute approximate surface area is 201 Å². The average Bonchev–Trinajstić information content (AvgIpc) is 3.52. The van der Waals surface area contributed by atoms with Crippen LogP contribution in [0.25, 0.3) is 10.9 Å². The Bertz CT molecular complexity index is 1560. The number of benzene rings is 3. The minimum Gasteiger partial charge on any atom is -0.497 e. The maximum Gasteiger partial charge on any atom is 0.254 e. The lowest BCUT2D eigenvalue weighted by Gasteiger charge is -2.29. The molecule has 3 heterocycles. The number of pyridine rings is 1. The van der Waals surface area contributed by atoms with Gasteiger partial charge in [0.15, 0.2) is 5.82 Å². The minimum atomic E-state index is -0.451. The summed E-state index contributed by atoms with van der Waals surface area (Å²) in [5.41, 5.74) is 4.59. The first-order valence-corrected chi connectivity index (χ1v) is 11.6. The Morgan fingerprint density at radius 2 is 1.86 bits per heavy atom. The highest BCUT2D eigenvalue weighted by molar-refractivity contribution is 5.81. The number of fused-ring (bicyclic) bond motifs is 2. The van der Waals surface area contributed by atoms with Crippen molar-refractivity contribution in [3.63, 3.8) is 0 Å². The van der Waals surface area contributed by atoms with E-state index in [2.05, 4.69) is 37.5 Å². The molecule has 5 aromatic rings. The summed E-state index contributed by atoms with van der Waals surface area (Å²) in [6.07, 6.45) is 0.898. The van der Waals surface area contributed by atoms with Crippen molar-refractivity contribution in [3.8, 4) is 5.75 Å². The number of H-pyrrole nitrogens is 1. The van der Waals surface area contributed by atoms with Gasteiger partial charge in [-0.2, -0.15) is 0 Å². The van der Waals surface area contributed by atoms with Gasteiger partial charge >= 0.3 is 0 Å². The molecular weight excluding hydrogens is 440 g/mol. The largest absolute Gasteiger partial charge is 0.497 e. The molecule has 6 rings (SSSR count). The number of methoxy groups -OCH3 is 1. The van der Waals surface area contributed by atoms with Crippen molar-refractivity contribution in [2.24, 2.45) is 0 Å². The molecule has 0 bridgehead atoms. The van der Waals surface area contributed by atoms with Gasteiger partial charge in [0, 0.05) is 23.9 Å². The molecule has 0 aliphatic carbocycles. The summed E-state index contributed by atoms with van der Waals surface area (Å²) in [4.78, 5) is 18.8. The zero-order valence-corrected chi connectivity index (χ0v) is 19.3. The monoisotopic (exact) mass is 464 g/mol. The summed E-state index contributed by atoms with van der Waals surface area (Å²) in [7, 11) is 1.61. The van der Waals surface area contributed by atoms with E-state index >= 15 is 0 Å². The molecule has 3 aromatic carbocycles. The van der Waals surface area contributed by atoms with Gasteiger partial charge < -0.3 is 14.6 Å². The van der Waals surface area contributed by atoms with E-state index in [0.717, 1.165) is 35.1 Å². The number of hydrogen-bond acceptors (Lipinski definition) is 6. The number of aromatic nitrogens is 5. The fourth-order valence-electron chi connectivity index (χ4n) is 4.88. The molecular formula is C27H24N6O2. The van der Waals surface area contributed by atoms with Gasteiger partial charge in [-0.1, -0.05) is 48.5 Å². The number of rotatable bonds is 6. The Hall–Kier alpha value is -4.46. The van der Waals surface area contributed by atoms with Crippen LogP contribution < -0.4 is 15.2 Å². The van der Waals surface area contributed by atoms with Gasteiger partial charge in [0.2, 0.25) is 0 Å². The molecule has 0 fully saturated rings. The van der Waals surface area contributed by atoms with Crippen LogP contribution in [0.5, 0.6) is 5.75 Å². The van der Waals surface area contributed by atoms with Gasteiger partial charge in [0.25, 0.3) is 5.56 Å². The summed E-state index contributed by atoms with van der Waals surface area (Å²) in [5, 5.41) is 13.7. The van der Waals surface area contributed by atoms with E-state index in [1.54, 1.807) is 11.8 Å². The van der Waals surface area contributed by atoms with Crippen LogP contribution in [0.3, 0.4) is 0 Å². The van der Waals surface area contributed by atoms with Crippen molar-refractivity contribution >= 4 is 16.6 Å². The Balaban J connectivity index is 1.52. The highest BCUT2D eigenvalue weighted by Crippen LogP contribution is 2.37. The van der Waals surface area contributed by atoms with E-state index < -0.39 is 6.04 Å². The Kier molecular flexibility index (Phi) is 5.25. The van der Waals surface area contributed by atoms with Crippen LogP contribution in [0, 0.1) is 0 Å². The number of nitrogens with zero attached hydrogens (tertiary/aromatic N) is 5. The fourth-order valence-corrected chi connectivity index (χ4v) is 4.88. The third-order valence-corrected chi connectivity index (χ3v) is 6.59. The van der Waals surface area contributed by atoms with Crippen molar-refractivity contribution in [1.82, 2.24) is 25.2 Å². The maximum absolute atomic E-state index is 13.5. The van der Waals surface area contributed by atoms with Gasteiger partial charge in [-0.3, -0.25) is 4.79 Å². The normalized spacial score (nSPS) is 13.7. The van der Waals surface area contributed by atoms with Crippen LogP contribution in [-0.4, -0.2) is 38.8 Å². The Morgan fingerprint density at radius 1 is 1.03 bits per heavy atom. The SMILES string of the molecule is COc1ccc2cc(C(c3nnnn3Cc3ccccc3)N3CCc4ccccc43)c(=O)[nH]c2c1. The molecule has 1 aliphatic rings. The van der Waals surface area contributed by atoms with E-state index in [-0.39, 0.29) is 5.56 Å². The molecule has 0 radical (unpaired) electrons. The van der Waals surface area contributed by atoms with Crippen LogP contribution in [0.2, 0.25) is 0 Å². The second-order valence-electron chi connectivity index (χ2n) is 8.66. The number of anilines is 1. The summed E-state index contributed by atoms with van der Waals surface area (Å²) >= 11 is 0. The fraction of sp³-hybridized carbons (Fsp3) is 0.185. The highest BCUT2D eigenvalue weighted by atomic mass is 16.5. The van der Waals surface area contributed by atoms with Crippen LogP contribution in [0.1, 0.15) is 28.6 Å². The summed E-state index contributed by atoms with van der Waals surface area (Å²) in [6, 6.07) is 25.5. The molecule has 0 spiro atoms. The quantitative estimate of drug-likeness (QED) is 0.412. The van der Waals surface area contributed by atoms with Crippen molar-refractivity contribution in [3.05, 3.63) is 112 Å². The second kappa shape index (κ2) is 8.72. The first-order chi connectivity index (χ1) is 17.2. The molecule has 8 heteroatoms. The van der Waals surface area contributed by atoms with Gasteiger partial charge in [-0.25, -0.2) is 4.68 Å². The highest BCUT2D eigenvalue weighted by Gasteiger charge is 2.34. The molecule has 1 N–H and O–H groups in total. The van der Waals surface area contributed by atoms with Crippen molar-refractivity contribution in [2.75, 3.05) is 18.6 Å². The second-order valence-corrected chi connectivity index (χ2v) is 8.66. The van der Waals surface area contributed by atoms with E-state index in [4.69, 9.17) is 4.74 Å². The third kappa shape index (κ3) is 3.82. The van der Waals surface area contributed by atoms with Gasteiger partial charge in [-0.15, -0.1) is 5.10 Å². The molecule has 1 unspecified atom stereocenters. The topological polar surface area (TPSA) is 88.9 Å². The van der Waals surface area contributed by atoms with E-state index in [1.807, 2.05) is 66.7 Å². The lowest BCUT2D eigenvalue weighted by atomic mass is 10.0. The van der Waals surface area contributed by atoms with Crippen LogP contribution in [-0.2, 0) is 13.0 Å². The predicted molar refractivity (Wildman–Crippen MR) is 134 cm³/mol. The number of aromatic amines is 1. The van der Waals surface area contributed by atoms with Crippen molar-refractivity contribution in [2.45, 2.75) is 19.0 Å². The van der Waals surface area contributed by atoms with Crippen LogP contribution in [0.4, 0.5) is 5.69 Å². The van der Waals surface area contributed by atoms with Crippen molar-refractivity contribution in [1.29, 1.82) is 0 Å². The van der Waals surface area contributed by atoms with Gasteiger partial charge in [0.05, 0.1) is 19.2 Å². The number of tetrazole rings is 1. The smallest absolute Gasteiger partial charge is 0.254 e. The van der Waals surface area contributed by atoms with Gasteiger partial charge in [-0.05, 0) is 57.6 Å². The number of hydrogen-bond donors (Lipinski definition) is 1. The number of nitrogens with one attached hydrogen (secondary N) is 1. The summed E-state index contributed by atoms with van der Waals surface area (Å²) < 4.78 is 7.12. The first kappa shape index (κ1) is 21.1.